The van der Waals surface area contributed by atoms with Gasteiger partial charge in [0.05, 0.1) is 5.69 Å². The summed E-state index contributed by atoms with van der Waals surface area (Å²) in [6.45, 7) is 3.46. The molecule has 0 amide bonds. The molecule has 0 unspecified atom stereocenters. The average Bonchev–Trinajstić information content (AvgIpc) is 3.11. The predicted molar refractivity (Wildman–Crippen MR) is 185 cm³/mol. The Bertz CT molecular complexity index is 1830. The lowest BCUT2D eigenvalue weighted by Crippen LogP contribution is -2.10. The predicted octanol–water partition coefficient (Wildman–Crippen LogP) is 10.5. The molecule has 0 heterocycles. The van der Waals surface area contributed by atoms with Crippen molar-refractivity contribution < 1.29 is 9.53 Å². The summed E-state index contributed by atoms with van der Waals surface area (Å²) in [6, 6.07) is 54.7. The minimum absolute atomic E-state index is 0.460. The molecule has 0 atom stereocenters. The molecule has 6 rings (SSSR count). The monoisotopic (exact) mass is 585 g/mol. The van der Waals surface area contributed by atoms with Crippen molar-refractivity contribution in [2.75, 3.05) is 9.80 Å². The van der Waals surface area contributed by atoms with Gasteiger partial charge in [-0.15, -0.1) is 0 Å². The highest BCUT2D eigenvalue weighted by Gasteiger charge is 2.13. The van der Waals surface area contributed by atoms with Gasteiger partial charge in [0.15, 0.2) is 0 Å². The number of ether oxygens (including phenoxy) is 1. The Labute approximate surface area is 263 Å². The summed E-state index contributed by atoms with van der Waals surface area (Å²) in [7, 11) is 0. The van der Waals surface area contributed by atoms with Crippen LogP contribution in [-0.2, 0) is 4.79 Å². The minimum atomic E-state index is -0.490. The van der Waals surface area contributed by atoms with Gasteiger partial charge in [0.1, 0.15) is 5.75 Å². The number of carbonyl (C=O) groups is 1. The molecule has 5 heteroatoms. The largest absolute Gasteiger partial charge is 0.423 e. The zero-order valence-electron chi connectivity index (χ0n) is 24.6. The van der Waals surface area contributed by atoms with E-state index in [9.17, 15) is 4.79 Å². The van der Waals surface area contributed by atoms with E-state index in [1.165, 1.54) is 0 Å². The van der Waals surface area contributed by atoms with Crippen LogP contribution in [0.5, 0.6) is 5.75 Å². The third-order valence-electron chi connectivity index (χ3n) is 7.15. The SMILES string of the molecule is C=CC(=O)Oc1ccc(N(c2ccccc2)c2ccc(N=Cc3ccc(N(c4ccccc4)c4ccccc4)cc3)cc2)cc1. The number of esters is 1. The molecule has 0 aromatic heterocycles. The molecule has 6 aromatic rings. The summed E-state index contributed by atoms with van der Waals surface area (Å²) < 4.78 is 5.25. The lowest BCUT2D eigenvalue weighted by Gasteiger charge is -2.25. The minimum Gasteiger partial charge on any atom is -0.423 e. The van der Waals surface area contributed by atoms with Crippen LogP contribution in [-0.4, -0.2) is 12.2 Å². The van der Waals surface area contributed by atoms with Crippen LogP contribution < -0.4 is 14.5 Å². The zero-order valence-corrected chi connectivity index (χ0v) is 24.6. The van der Waals surface area contributed by atoms with Gasteiger partial charge in [0, 0.05) is 46.4 Å². The number of aliphatic imine (C=N–C) groups is 1. The molecule has 0 aliphatic rings. The number of hydrogen-bond donors (Lipinski definition) is 0. The molecule has 0 saturated carbocycles. The van der Waals surface area contributed by atoms with E-state index in [0.29, 0.717) is 5.75 Å². The highest BCUT2D eigenvalue weighted by Crippen LogP contribution is 2.36. The Morgan fingerprint density at radius 3 is 1.31 bits per heavy atom. The summed E-state index contributed by atoms with van der Waals surface area (Å²) in [5.74, 6) is -0.0293. The van der Waals surface area contributed by atoms with Crippen LogP contribution in [0.4, 0.5) is 39.8 Å². The summed E-state index contributed by atoms with van der Waals surface area (Å²) in [5, 5.41) is 0. The van der Waals surface area contributed by atoms with Gasteiger partial charge in [-0.05, 0) is 103 Å². The third kappa shape index (κ3) is 7.07. The fourth-order valence-corrected chi connectivity index (χ4v) is 4.99. The maximum absolute atomic E-state index is 11.6. The summed E-state index contributed by atoms with van der Waals surface area (Å²) in [5.41, 5.74) is 8.03. The Hall–Kier alpha value is -6.20. The van der Waals surface area contributed by atoms with Crippen molar-refractivity contribution in [1.29, 1.82) is 0 Å². The van der Waals surface area contributed by atoms with Gasteiger partial charge in [-0.25, -0.2) is 4.79 Å². The highest BCUT2D eigenvalue weighted by molar-refractivity contribution is 5.85. The first kappa shape index (κ1) is 28.9. The summed E-state index contributed by atoms with van der Waals surface area (Å²) in [4.78, 5) is 20.7. The molecule has 6 aromatic carbocycles. The Morgan fingerprint density at radius 1 is 0.511 bits per heavy atom. The van der Waals surface area contributed by atoms with Crippen LogP contribution in [0.3, 0.4) is 0 Å². The Morgan fingerprint density at radius 2 is 0.889 bits per heavy atom. The normalized spacial score (nSPS) is 10.8. The molecule has 5 nitrogen and oxygen atoms in total. The van der Waals surface area contributed by atoms with Crippen molar-refractivity contribution in [1.82, 2.24) is 0 Å². The zero-order chi connectivity index (χ0) is 30.8. The maximum Gasteiger partial charge on any atom is 0.335 e. The molecule has 0 saturated heterocycles. The van der Waals surface area contributed by atoms with Crippen molar-refractivity contribution in [3.05, 3.63) is 182 Å². The first-order valence-corrected chi connectivity index (χ1v) is 14.6. The van der Waals surface area contributed by atoms with Gasteiger partial charge in [0.2, 0.25) is 0 Å². The van der Waals surface area contributed by atoms with Crippen molar-refractivity contribution >= 4 is 52.0 Å². The van der Waals surface area contributed by atoms with Crippen LogP contribution in [0.2, 0.25) is 0 Å². The van der Waals surface area contributed by atoms with Gasteiger partial charge in [-0.2, -0.15) is 0 Å². The van der Waals surface area contributed by atoms with E-state index in [2.05, 4.69) is 101 Å². The molecule has 0 radical (unpaired) electrons. The first-order valence-electron chi connectivity index (χ1n) is 14.6. The van der Waals surface area contributed by atoms with E-state index < -0.39 is 5.97 Å². The molecular weight excluding hydrogens is 554 g/mol. The average molecular weight is 586 g/mol. The Balaban J connectivity index is 1.21. The number of para-hydroxylation sites is 3. The maximum atomic E-state index is 11.6. The van der Waals surface area contributed by atoms with Crippen LogP contribution in [0.1, 0.15) is 5.56 Å². The number of hydrogen-bond acceptors (Lipinski definition) is 5. The Kier molecular flexibility index (Phi) is 8.89. The lowest BCUT2D eigenvalue weighted by atomic mass is 10.1. The van der Waals surface area contributed by atoms with Crippen LogP contribution in [0.25, 0.3) is 0 Å². The number of carbonyl (C=O) groups excluding carboxylic acids is 1. The molecule has 0 N–H and O–H groups in total. The number of benzene rings is 6. The summed E-state index contributed by atoms with van der Waals surface area (Å²) >= 11 is 0. The van der Waals surface area contributed by atoms with Crippen LogP contribution in [0.15, 0.2) is 181 Å². The standard InChI is InChI=1S/C40H31N3O2/c1-2-40(44)45-39-28-26-38(27-29-39)43(35-16-10-5-11-17-35)37-24-20-32(21-25-37)41-30-31-18-22-36(23-19-31)42(33-12-6-3-7-13-33)34-14-8-4-9-15-34/h2-30H,1H2. The van der Waals surface area contributed by atoms with E-state index >= 15 is 0 Å². The number of rotatable bonds is 10. The van der Waals surface area contributed by atoms with E-state index in [1.54, 1.807) is 12.1 Å². The van der Waals surface area contributed by atoms with Gasteiger partial charge >= 0.3 is 5.97 Å². The second kappa shape index (κ2) is 13.8. The van der Waals surface area contributed by atoms with Crippen molar-refractivity contribution in [3.8, 4) is 5.75 Å². The van der Waals surface area contributed by atoms with Crippen molar-refractivity contribution in [3.63, 3.8) is 0 Å². The fourth-order valence-electron chi connectivity index (χ4n) is 4.99. The van der Waals surface area contributed by atoms with Crippen molar-refractivity contribution in [2.24, 2.45) is 4.99 Å². The van der Waals surface area contributed by atoms with E-state index in [-0.39, 0.29) is 0 Å². The molecule has 0 spiro atoms. The van der Waals surface area contributed by atoms with Crippen LogP contribution >= 0.6 is 0 Å². The van der Waals surface area contributed by atoms with Gasteiger partial charge < -0.3 is 14.5 Å². The van der Waals surface area contributed by atoms with Gasteiger partial charge in [-0.1, -0.05) is 73.3 Å². The second-order valence-corrected chi connectivity index (χ2v) is 10.2. The molecule has 0 aliphatic carbocycles. The van der Waals surface area contributed by atoms with E-state index in [0.717, 1.165) is 51.5 Å². The van der Waals surface area contributed by atoms with Gasteiger partial charge in [-0.3, -0.25) is 4.99 Å². The number of anilines is 6. The topological polar surface area (TPSA) is 45.1 Å². The molecule has 218 valence electrons. The molecule has 0 fully saturated rings. The van der Waals surface area contributed by atoms with Crippen molar-refractivity contribution in [2.45, 2.75) is 0 Å². The molecule has 0 bridgehead atoms. The molecule has 0 aliphatic heterocycles. The molecular formula is C40H31N3O2. The fraction of sp³-hybridized carbons (Fsp3) is 0. The smallest absolute Gasteiger partial charge is 0.335 e. The highest BCUT2D eigenvalue weighted by atomic mass is 16.5. The van der Waals surface area contributed by atoms with E-state index in [4.69, 9.17) is 9.73 Å². The number of nitrogens with zero attached hydrogens (tertiary/aromatic N) is 3. The van der Waals surface area contributed by atoms with Gasteiger partial charge in [0.25, 0.3) is 0 Å². The summed E-state index contributed by atoms with van der Waals surface area (Å²) in [6.07, 6.45) is 3.03. The third-order valence-corrected chi connectivity index (χ3v) is 7.15. The van der Waals surface area contributed by atoms with Crippen LogP contribution in [0, 0.1) is 0 Å². The molecule has 45 heavy (non-hydrogen) atoms. The van der Waals surface area contributed by atoms with E-state index in [1.807, 2.05) is 72.9 Å². The first-order chi connectivity index (χ1) is 22.2. The lowest BCUT2D eigenvalue weighted by molar-refractivity contribution is -0.128. The second-order valence-electron chi connectivity index (χ2n) is 10.2. The quantitative estimate of drug-likeness (QED) is 0.0694.